The Kier molecular flexibility index (Phi) is 4.35. The van der Waals surface area contributed by atoms with Gasteiger partial charge in [-0.25, -0.2) is 4.37 Å². The quantitative estimate of drug-likeness (QED) is 0.909. The predicted octanol–water partition coefficient (Wildman–Crippen LogP) is 2.09. The van der Waals surface area contributed by atoms with Gasteiger partial charge in [-0.05, 0) is 35.3 Å². The van der Waals surface area contributed by atoms with Gasteiger partial charge < -0.3 is 14.8 Å². The van der Waals surface area contributed by atoms with E-state index >= 15 is 0 Å². The molecule has 19 heavy (non-hydrogen) atoms. The van der Waals surface area contributed by atoms with Crippen LogP contribution in [0.1, 0.15) is 15.2 Å². The second-order valence-electron chi connectivity index (χ2n) is 3.75. The molecule has 0 unspecified atom stereocenters. The van der Waals surface area contributed by atoms with E-state index in [4.69, 9.17) is 9.47 Å². The molecule has 0 fully saturated rings. The van der Waals surface area contributed by atoms with Gasteiger partial charge in [0.15, 0.2) is 11.5 Å². The Labute approximate surface area is 115 Å². The number of amides is 1. The Hall–Kier alpha value is -2.08. The van der Waals surface area contributed by atoms with Crippen molar-refractivity contribution in [1.82, 2.24) is 9.69 Å². The summed E-state index contributed by atoms with van der Waals surface area (Å²) in [6.45, 7) is 0.428. The smallest absolute Gasteiger partial charge is 0.263 e. The van der Waals surface area contributed by atoms with Crippen molar-refractivity contribution in [1.29, 1.82) is 0 Å². The van der Waals surface area contributed by atoms with Gasteiger partial charge in [-0.3, -0.25) is 4.79 Å². The fourth-order valence-electron chi connectivity index (χ4n) is 1.59. The van der Waals surface area contributed by atoms with Crippen LogP contribution >= 0.6 is 11.5 Å². The van der Waals surface area contributed by atoms with Crippen molar-refractivity contribution >= 4 is 17.4 Å². The minimum absolute atomic E-state index is 0.128. The van der Waals surface area contributed by atoms with E-state index in [1.807, 2.05) is 18.2 Å². The molecule has 0 radical (unpaired) electrons. The molecule has 1 aromatic heterocycles. The van der Waals surface area contributed by atoms with Gasteiger partial charge in [0, 0.05) is 12.7 Å². The van der Waals surface area contributed by atoms with Crippen LogP contribution in [0.3, 0.4) is 0 Å². The van der Waals surface area contributed by atoms with Gasteiger partial charge in [0.05, 0.1) is 14.2 Å². The molecule has 0 saturated heterocycles. The molecule has 0 atom stereocenters. The zero-order valence-electron chi connectivity index (χ0n) is 10.7. The normalized spacial score (nSPS) is 10.0. The van der Waals surface area contributed by atoms with Crippen molar-refractivity contribution in [2.45, 2.75) is 6.54 Å². The molecule has 0 aliphatic rings. The average molecular weight is 278 g/mol. The largest absolute Gasteiger partial charge is 0.493 e. The summed E-state index contributed by atoms with van der Waals surface area (Å²) in [5.41, 5.74) is 0.940. The molecule has 0 spiro atoms. The topological polar surface area (TPSA) is 60.5 Å². The third-order valence-corrected chi connectivity index (χ3v) is 3.31. The standard InChI is InChI=1S/C13H14N2O3S/c1-17-10-4-3-9(7-11(10)18-2)8-14-13(16)12-5-6-15-19-12/h3-7H,8H2,1-2H3,(H,14,16). The molecule has 6 heteroatoms. The molecule has 2 aromatic rings. The van der Waals surface area contributed by atoms with Gasteiger partial charge in [0.25, 0.3) is 5.91 Å². The summed E-state index contributed by atoms with van der Waals surface area (Å²) in [5.74, 6) is 1.18. The Balaban J connectivity index is 2.02. The third-order valence-electron chi connectivity index (χ3n) is 2.56. The van der Waals surface area contributed by atoms with Crippen molar-refractivity contribution in [3.8, 4) is 11.5 Å². The minimum atomic E-state index is -0.128. The summed E-state index contributed by atoms with van der Waals surface area (Å²) in [5, 5.41) is 2.83. The van der Waals surface area contributed by atoms with Crippen molar-refractivity contribution in [3.63, 3.8) is 0 Å². The summed E-state index contributed by atoms with van der Waals surface area (Å²) < 4.78 is 14.3. The average Bonchev–Trinajstić information content (AvgIpc) is 2.98. The van der Waals surface area contributed by atoms with Crippen molar-refractivity contribution < 1.29 is 14.3 Å². The number of carbonyl (C=O) groups is 1. The fourth-order valence-corrected chi connectivity index (χ4v) is 2.11. The van der Waals surface area contributed by atoms with Gasteiger partial charge in [0.1, 0.15) is 4.88 Å². The number of benzene rings is 1. The number of methoxy groups -OCH3 is 2. The van der Waals surface area contributed by atoms with Crippen molar-refractivity contribution in [3.05, 3.63) is 40.9 Å². The molecule has 1 heterocycles. The molecular weight excluding hydrogens is 264 g/mol. The zero-order chi connectivity index (χ0) is 13.7. The number of nitrogens with zero attached hydrogens (tertiary/aromatic N) is 1. The highest BCUT2D eigenvalue weighted by atomic mass is 32.1. The van der Waals surface area contributed by atoms with Crippen LogP contribution in [-0.4, -0.2) is 24.5 Å². The molecule has 0 bridgehead atoms. The summed E-state index contributed by atoms with van der Waals surface area (Å²) in [7, 11) is 3.17. The van der Waals surface area contributed by atoms with Gasteiger partial charge in [0.2, 0.25) is 0 Å². The van der Waals surface area contributed by atoms with Crippen molar-refractivity contribution in [2.24, 2.45) is 0 Å². The lowest BCUT2D eigenvalue weighted by molar-refractivity contribution is 0.0955. The first kappa shape index (κ1) is 13.4. The predicted molar refractivity (Wildman–Crippen MR) is 72.8 cm³/mol. The highest BCUT2D eigenvalue weighted by Crippen LogP contribution is 2.27. The Morgan fingerprint density at radius 1 is 1.26 bits per heavy atom. The summed E-state index contributed by atoms with van der Waals surface area (Å²) in [6.07, 6.45) is 1.61. The molecule has 1 aromatic carbocycles. The van der Waals surface area contributed by atoms with E-state index in [0.29, 0.717) is 22.9 Å². The first-order valence-electron chi connectivity index (χ1n) is 5.64. The highest BCUT2D eigenvalue weighted by Gasteiger charge is 2.08. The molecule has 5 nitrogen and oxygen atoms in total. The fraction of sp³-hybridized carbons (Fsp3) is 0.231. The molecule has 1 N–H and O–H groups in total. The van der Waals surface area contributed by atoms with E-state index in [0.717, 1.165) is 5.56 Å². The molecule has 0 aliphatic heterocycles. The minimum Gasteiger partial charge on any atom is -0.493 e. The van der Waals surface area contributed by atoms with Gasteiger partial charge in [-0.15, -0.1) is 0 Å². The maximum absolute atomic E-state index is 11.8. The van der Waals surface area contributed by atoms with Crippen LogP contribution in [0, 0.1) is 0 Å². The number of hydrogen-bond acceptors (Lipinski definition) is 5. The SMILES string of the molecule is COc1ccc(CNC(=O)c2ccns2)cc1OC. The maximum Gasteiger partial charge on any atom is 0.263 e. The molecule has 2 rings (SSSR count). The van der Waals surface area contributed by atoms with Crippen LogP contribution in [0.25, 0.3) is 0 Å². The number of ether oxygens (including phenoxy) is 2. The Morgan fingerprint density at radius 2 is 2.05 bits per heavy atom. The van der Waals surface area contributed by atoms with Crippen LogP contribution in [-0.2, 0) is 6.54 Å². The van der Waals surface area contributed by atoms with Crippen LogP contribution in [0.4, 0.5) is 0 Å². The van der Waals surface area contributed by atoms with E-state index in [1.54, 1.807) is 26.5 Å². The molecule has 1 amide bonds. The monoisotopic (exact) mass is 278 g/mol. The number of rotatable bonds is 5. The lowest BCUT2D eigenvalue weighted by atomic mass is 10.2. The molecule has 100 valence electrons. The van der Waals surface area contributed by atoms with Crippen LogP contribution in [0.5, 0.6) is 11.5 Å². The zero-order valence-corrected chi connectivity index (χ0v) is 11.5. The molecule has 0 aliphatic carbocycles. The highest BCUT2D eigenvalue weighted by molar-refractivity contribution is 7.08. The number of nitrogens with one attached hydrogen (secondary N) is 1. The third kappa shape index (κ3) is 3.23. The first-order valence-corrected chi connectivity index (χ1v) is 6.41. The van der Waals surface area contributed by atoms with Crippen LogP contribution in [0.2, 0.25) is 0 Å². The number of carbonyl (C=O) groups excluding carboxylic acids is 1. The van der Waals surface area contributed by atoms with E-state index in [9.17, 15) is 4.79 Å². The summed E-state index contributed by atoms with van der Waals surface area (Å²) in [4.78, 5) is 12.4. The number of hydrogen-bond donors (Lipinski definition) is 1. The van der Waals surface area contributed by atoms with E-state index in [1.165, 1.54) is 11.5 Å². The maximum atomic E-state index is 11.8. The molecule has 0 saturated carbocycles. The lowest BCUT2D eigenvalue weighted by Crippen LogP contribution is -2.21. The second-order valence-corrected chi connectivity index (χ2v) is 4.58. The van der Waals surface area contributed by atoms with Crippen LogP contribution in [0.15, 0.2) is 30.5 Å². The van der Waals surface area contributed by atoms with Crippen molar-refractivity contribution in [2.75, 3.05) is 14.2 Å². The van der Waals surface area contributed by atoms with Crippen LogP contribution < -0.4 is 14.8 Å². The van der Waals surface area contributed by atoms with Gasteiger partial charge in [-0.1, -0.05) is 6.07 Å². The number of aromatic nitrogens is 1. The van der Waals surface area contributed by atoms with E-state index < -0.39 is 0 Å². The Bertz CT molecular complexity index is 555. The second kappa shape index (κ2) is 6.19. The lowest BCUT2D eigenvalue weighted by Gasteiger charge is -2.10. The molecular formula is C13H14N2O3S. The van der Waals surface area contributed by atoms with Gasteiger partial charge in [-0.2, -0.15) is 0 Å². The van der Waals surface area contributed by atoms with E-state index in [2.05, 4.69) is 9.69 Å². The Morgan fingerprint density at radius 3 is 2.68 bits per heavy atom. The summed E-state index contributed by atoms with van der Waals surface area (Å²) >= 11 is 1.17. The van der Waals surface area contributed by atoms with Gasteiger partial charge >= 0.3 is 0 Å². The first-order chi connectivity index (χ1) is 9.24. The summed E-state index contributed by atoms with van der Waals surface area (Å²) in [6, 6.07) is 7.22. The van der Waals surface area contributed by atoms with E-state index in [-0.39, 0.29) is 5.91 Å².